The van der Waals surface area contributed by atoms with E-state index in [1.54, 1.807) is 25.6 Å². The zero-order chi connectivity index (χ0) is 20.2. The number of ether oxygens (including phenoxy) is 2. The molecule has 6 heteroatoms. The molecule has 0 aliphatic rings. The molecule has 0 saturated heterocycles. The van der Waals surface area contributed by atoms with Gasteiger partial charge in [-0.1, -0.05) is 36.4 Å². The van der Waals surface area contributed by atoms with Crippen molar-refractivity contribution in [3.63, 3.8) is 0 Å². The fourth-order valence-corrected chi connectivity index (χ4v) is 5.11. The molecule has 3 heterocycles. The first-order chi connectivity index (χ1) is 14.8. The molecule has 0 bridgehead atoms. The van der Waals surface area contributed by atoms with Gasteiger partial charge in [-0.25, -0.2) is 9.97 Å². The molecule has 0 saturated carbocycles. The highest BCUT2D eigenvalue weighted by Gasteiger charge is 2.20. The minimum atomic E-state index is 0.725. The van der Waals surface area contributed by atoms with Gasteiger partial charge in [0.2, 0.25) is 0 Å². The second kappa shape index (κ2) is 6.43. The van der Waals surface area contributed by atoms with E-state index in [0.717, 1.165) is 54.5 Å². The SMILES string of the molecule is COc1ccc(OC)c2sc(-c3nc4ccccc4c4cc5ccccc5n34)nc12. The van der Waals surface area contributed by atoms with Gasteiger partial charge in [-0.3, -0.25) is 4.40 Å². The number of hydrogen-bond donors (Lipinski definition) is 0. The van der Waals surface area contributed by atoms with Crippen LogP contribution in [0.15, 0.2) is 66.7 Å². The van der Waals surface area contributed by atoms with E-state index in [-0.39, 0.29) is 0 Å². The summed E-state index contributed by atoms with van der Waals surface area (Å²) < 4.78 is 14.3. The standard InChI is InChI=1S/C24H17N3O2S/c1-28-19-11-12-20(29-2)22-21(19)26-24(30-22)23-25-16-9-5-4-8-15(16)18-13-14-7-3-6-10-17(14)27(18)23/h3-13H,1-2H3. The van der Waals surface area contributed by atoms with E-state index in [4.69, 9.17) is 19.4 Å². The Morgan fingerprint density at radius 2 is 1.57 bits per heavy atom. The van der Waals surface area contributed by atoms with Gasteiger partial charge in [0.05, 0.1) is 30.8 Å². The Hall–Kier alpha value is -3.64. The highest BCUT2D eigenvalue weighted by molar-refractivity contribution is 7.22. The van der Waals surface area contributed by atoms with Crippen molar-refractivity contribution in [3.05, 3.63) is 66.7 Å². The Morgan fingerprint density at radius 3 is 2.43 bits per heavy atom. The van der Waals surface area contributed by atoms with E-state index < -0.39 is 0 Å². The van der Waals surface area contributed by atoms with E-state index >= 15 is 0 Å². The molecule has 0 N–H and O–H groups in total. The lowest BCUT2D eigenvalue weighted by Gasteiger charge is -2.07. The van der Waals surface area contributed by atoms with Gasteiger partial charge in [0.15, 0.2) is 10.8 Å². The zero-order valence-electron chi connectivity index (χ0n) is 16.4. The van der Waals surface area contributed by atoms with E-state index in [1.165, 1.54) is 5.39 Å². The van der Waals surface area contributed by atoms with Gasteiger partial charge in [0, 0.05) is 10.8 Å². The van der Waals surface area contributed by atoms with Crippen molar-refractivity contribution in [2.45, 2.75) is 0 Å². The van der Waals surface area contributed by atoms with Crippen molar-refractivity contribution < 1.29 is 9.47 Å². The van der Waals surface area contributed by atoms with Crippen molar-refractivity contribution in [1.29, 1.82) is 0 Å². The van der Waals surface area contributed by atoms with Crippen LogP contribution in [0.3, 0.4) is 0 Å². The summed E-state index contributed by atoms with van der Waals surface area (Å²) >= 11 is 1.57. The van der Waals surface area contributed by atoms with Crippen LogP contribution in [0.5, 0.6) is 11.5 Å². The van der Waals surface area contributed by atoms with Gasteiger partial charge in [0.1, 0.15) is 21.7 Å². The Morgan fingerprint density at radius 1 is 0.800 bits per heavy atom. The number of para-hydroxylation sites is 2. The fourth-order valence-electron chi connectivity index (χ4n) is 4.06. The second-order valence-corrected chi connectivity index (χ2v) is 8.04. The molecule has 30 heavy (non-hydrogen) atoms. The van der Waals surface area contributed by atoms with Crippen molar-refractivity contribution in [3.8, 4) is 22.3 Å². The molecule has 0 unspecified atom stereocenters. The van der Waals surface area contributed by atoms with Crippen LogP contribution in [0.25, 0.3) is 48.4 Å². The first-order valence-corrected chi connectivity index (χ1v) is 10.4. The third kappa shape index (κ3) is 2.34. The first kappa shape index (κ1) is 17.2. The van der Waals surface area contributed by atoms with Gasteiger partial charge in [-0.2, -0.15) is 0 Å². The second-order valence-electron chi connectivity index (χ2n) is 7.04. The Bertz CT molecular complexity index is 1540. The van der Waals surface area contributed by atoms with Crippen LogP contribution in [-0.2, 0) is 0 Å². The number of thiazole rings is 1. The monoisotopic (exact) mass is 411 g/mol. The fraction of sp³-hybridized carbons (Fsp3) is 0.0833. The summed E-state index contributed by atoms with van der Waals surface area (Å²) in [5, 5.41) is 3.12. The average molecular weight is 411 g/mol. The molecule has 6 aromatic rings. The predicted molar refractivity (Wildman–Crippen MR) is 122 cm³/mol. The van der Waals surface area contributed by atoms with E-state index in [2.05, 4.69) is 46.9 Å². The summed E-state index contributed by atoms with van der Waals surface area (Å²) in [7, 11) is 3.33. The first-order valence-electron chi connectivity index (χ1n) is 9.59. The van der Waals surface area contributed by atoms with Crippen molar-refractivity contribution in [2.24, 2.45) is 0 Å². The van der Waals surface area contributed by atoms with Crippen LogP contribution in [0, 0.1) is 0 Å². The van der Waals surface area contributed by atoms with Gasteiger partial charge in [-0.15, -0.1) is 11.3 Å². The summed E-state index contributed by atoms with van der Waals surface area (Å²) in [6.45, 7) is 0. The third-order valence-corrected chi connectivity index (χ3v) is 6.50. The molecular formula is C24H17N3O2S. The smallest absolute Gasteiger partial charge is 0.174 e. The highest BCUT2D eigenvalue weighted by Crippen LogP contribution is 2.41. The largest absolute Gasteiger partial charge is 0.495 e. The summed E-state index contributed by atoms with van der Waals surface area (Å²) in [5.74, 6) is 2.32. The van der Waals surface area contributed by atoms with Crippen molar-refractivity contribution >= 4 is 48.9 Å². The molecule has 5 nitrogen and oxygen atoms in total. The van der Waals surface area contributed by atoms with Crippen LogP contribution in [0.1, 0.15) is 0 Å². The van der Waals surface area contributed by atoms with Crippen LogP contribution in [-0.4, -0.2) is 28.6 Å². The number of methoxy groups -OCH3 is 2. The van der Waals surface area contributed by atoms with Crippen LogP contribution >= 0.6 is 11.3 Å². The number of hydrogen-bond acceptors (Lipinski definition) is 5. The minimum absolute atomic E-state index is 0.725. The molecule has 3 aromatic carbocycles. The lowest BCUT2D eigenvalue weighted by molar-refractivity contribution is 0.410. The minimum Gasteiger partial charge on any atom is -0.495 e. The Balaban J connectivity index is 1.78. The maximum absolute atomic E-state index is 5.58. The van der Waals surface area contributed by atoms with Gasteiger partial charge >= 0.3 is 0 Å². The lowest BCUT2D eigenvalue weighted by atomic mass is 10.2. The van der Waals surface area contributed by atoms with Crippen molar-refractivity contribution in [1.82, 2.24) is 14.4 Å². The van der Waals surface area contributed by atoms with E-state index in [1.807, 2.05) is 24.3 Å². The number of rotatable bonds is 3. The number of aromatic nitrogens is 3. The molecule has 146 valence electrons. The maximum Gasteiger partial charge on any atom is 0.174 e. The molecule has 0 atom stereocenters. The molecule has 6 rings (SSSR count). The number of fused-ring (bicyclic) bond motifs is 6. The average Bonchev–Trinajstić information content (AvgIpc) is 3.40. The van der Waals surface area contributed by atoms with Crippen LogP contribution in [0.4, 0.5) is 0 Å². The number of benzene rings is 3. The summed E-state index contributed by atoms with van der Waals surface area (Å²) in [6.07, 6.45) is 0. The quantitative estimate of drug-likeness (QED) is 0.362. The highest BCUT2D eigenvalue weighted by atomic mass is 32.1. The van der Waals surface area contributed by atoms with Crippen molar-refractivity contribution in [2.75, 3.05) is 14.2 Å². The Kier molecular flexibility index (Phi) is 3.70. The molecule has 0 radical (unpaired) electrons. The van der Waals surface area contributed by atoms with Crippen LogP contribution in [0.2, 0.25) is 0 Å². The number of nitrogens with zero attached hydrogens (tertiary/aromatic N) is 3. The summed E-state index contributed by atoms with van der Waals surface area (Å²) in [4.78, 5) is 9.97. The normalized spacial score (nSPS) is 11.7. The molecular weight excluding hydrogens is 394 g/mol. The van der Waals surface area contributed by atoms with Gasteiger partial charge < -0.3 is 9.47 Å². The summed E-state index contributed by atoms with van der Waals surface area (Å²) in [6, 6.07) is 22.6. The lowest BCUT2D eigenvalue weighted by Crippen LogP contribution is -1.97. The third-order valence-electron chi connectivity index (χ3n) is 5.43. The molecule has 0 aliphatic carbocycles. The molecule has 0 amide bonds. The molecule has 0 aliphatic heterocycles. The molecule has 0 fully saturated rings. The Labute approximate surface area is 176 Å². The topological polar surface area (TPSA) is 48.7 Å². The van der Waals surface area contributed by atoms with Crippen LogP contribution < -0.4 is 9.47 Å². The van der Waals surface area contributed by atoms with Gasteiger partial charge in [-0.05, 0) is 30.3 Å². The zero-order valence-corrected chi connectivity index (χ0v) is 17.2. The summed E-state index contributed by atoms with van der Waals surface area (Å²) in [5.41, 5.74) is 3.96. The van der Waals surface area contributed by atoms with Gasteiger partial charge in [0.25, 0.3) is 0 Å². The van der Waals surface area contributed by atoms with E-state index in [9.17, 15) is 0 Å². The maximum atomic E-state index is 5.58. The molecule has 0 spiro atoms. The van der Waals surface area contributed by atoms with E-state index in [0.29, 0.717) is 0 Å². The predicted octanol–water partition coefficient (Wildman–Crippen LogP) is 5.93. The molecule has 3 aromatic heterocycles.